The average Bonchev–Trinajstić information content (AvgIpc) is 3.10. The van der Waals surface area contributed by atoms with Crippen LogP contribution >= 0.6 is 0 Å². The molecule has 0 unspecified atom stereocenters. The predicted octanol–water partition coefficient (Wildman–Crippen LogP) is 1.23. The molecule has 0 saturated heterocycles. The molecule has 0 aliphatic heterocycles. The van der Waals surface area contributed by atoms with Crippen LogP contribution in [-0.2, 0) is 6.42 Å². The smallest absolute Gasteiger partial charge is 0.154 e. The molecular weight excluding hydrogens is 240 g/mol. The lowest BCUT2D eigenvalue weighted by Crippen LogP contribution is -2.18. The number of nitrogens with zero attached hydrogens (tertiary/aromatic N) is 4. The van der Waals surface area contributed by atoms with E-state index in [0.717, 1.165) is 17.2 Å². The fourth-order valence-corrected chi connectivity index (χ4v) is 2.01. The molecule has 0 fully saturated rings. The third-order valence-electron chi connectivity index (χ3n) is 2.93. The fourth-order valence-electron chi connectivity index (χ4n) is 2.01. The molecule has 3 aromatic rings. The lowest BCUT2D eigenvalue weighted by atomic mass is 10.1. The molecule has 0 radical (unpaired) electrons. The van der Waals surface area contributed by atoms with Crippen LogP contribution in [0.1, 0.15) is 17.6 Å². The maximum Gasteiger partial charge on any atom is 0.154 e. The van der Waals surface area contributed by atoms with Gasteiger partial charge in [-0.1, -0.05) is 18.2 Å². The van der Waals surface area contributed by atoms with Crippen LogP contribution in [0.2, 0.25) is 0 Å². The number of aromatic nitrogens is 5. The SMILES string of the molecule is N[C@H](Cc1cnc[nH]1)c1nncn1-c1ccccc1. The van der Waals surface area contributed by atoms with Crippen molar-refractivity contribution in [2.24, 2.45) is 5.73 Å². The van der Waals surface area contributed by atoms with Crippen molar-refractivity contribution in [2.75, 3.05) is 0 Å². The highest BCUT2D eigenvalue weighted by atomic mass is 15.3. The van der Waals surface area contributed by atoms with Gasteiger partial charge < -0.3 is 10.7 Å². The van der Waals surface area contributed by atoms with E-state index in [1.165, 1.54) is 0 Å². The average molecular weight is 254 g/mol. The van der Waals surface area contributed by atoms with Gasteiger partial charge in [0.1, 0.15) is 6.33 Å². The molecule has 0 spiro atoms. The zero-order valence-electron chi connectivity index (χ0n) is 10.3. The number of H-pyrrole nitrogens is 1. The summed E-state index contributed by atoms with van der Waals surface area (Å²) in [5.74, 6) is 0.737. The topological polar surface area (TPSA) is 85.4 Å². The molecule has 2 heterocycles. The van der Waals surface area contributed by atoms with Crippen LogP contribution in [0.4, 0.5) is 0 Å². The van der Waals surface area contributed by atoms with Crippen LogP contribution in [0.15, 0.2) is 49.2 Å². The molecule has 2 aromatic heterocycles. The predicted molar refractivity (Wildman–Crippen MR) is 70.6 cm³/mol. The minimum atomic E-state index is -0.233. The van der Waals surface area contributed by atoms with Crippen LogP contribution in [0.25, 0.3) is 5.69 Å². The van der Waals surface area contributed by atoms with E-state index in [0.29, 0.717) is 6.42 Å². The van der Waals surface area contributed by atoms with E-state index in [1.807, 2.05) is 34.9 Å². The van der Waals surface area contributed by atoms with Gasteiger partial charge in [0.05, 0.1) is 12.4 Å². The molecule has 0 aliphatic rings. The number of rotatable bonds is 4. The van der Waals surface area contributed by atoms with Crippen molar-refractivity contribution >= 4 is 0 Å². The summed E-state index contributed by atoms with van der Waals surface area (Å²) in [4.78, 5) is 7.02. The van der Waals surface area contributed by atoms with E-state index in [1.54, 1.807) is 18.9 Å². The maximum atomic E-state index is 6.20. The van der Waals surface area contributed by atoms with E-state index in [2.05, 4.69) is 20.2 Å². The molecule has 0 amide bonds. The summed E-state index contributed by atoms with van der Waals surface area (Å²) in [6.45, 7) is 0. The zero-order valence-corrected chi connectivity index (χ0v) is 10.3. The Hall–Kier alpha value is -2.47. The molecule has 3 N–H and O–H groups in total. The normalized spacial score (nSPS) is 12.5. The van der Waals surface area contributed by atoms with Crippen molar-refractivity contribution < 1.29 is 0 Å². The van der Waals surface area contributed by atoms with Crippen molar-refractivity contribution in [3.8, 4) is 5.69 Å². The minimum Gasteiger partial charge on any atom is -0.348 e. The number of hydrogen-bond donors (Lipinski definition) is 2. The minimum absolute atomic E-state index is 0.233. The summed E-state index contributed by atoms with van der Waals surface area (Å²) in [5.41, 5.74) is 8.18. The van der Waals surface area contributed by atoms with Gasteiger partial charge in [-0.05, 0) is 12.1 Å². The molecule has 1 aromatic carbocycles. The summed E-state index contributed by atoms with van der Waals surface area (Å²) < 4.78 is 1.90. The van der Waals surface area contributed by atoms with Gasteiger partial charge in [-0.15, -0.1) is 10.2 Å². The monoisotopic (exact) mass is 254 g/mol. The molecule has 0 aliphatic carbocycles. The second-order valence-electron chi connectivity index (χ2n) is 4.28. The first-order valence-corrected chi connectivity index (χ1v) is 6.03. The highest BCUT2D eigenvalue weighted by molar-refractivity contribution is 5.32. The molecule has 6 heteroatoms. The van der Waals surface area contributed by atoms with Crippen molar-refractivity contribution in [1.29, 1.82) is 0 Å². The van der Waals surface area contributed by atoms with Gasteiger partial charge in [0, 0.05) is 24.0 Å². The van der Waals surface area contributed by atoms with Crippen LogP contribution in [0, 0.1) is 0 Å². The highest BCUT2D eigenvalue weighted by Crippen LogP contribution is 2.16. The van der Waals surface area contributed by atoms with Gasteiger partial charge in [0.2, 0.25) is 0 Å². The first-order valence-electron chi connectivity index (χ1n) is 6.03. The third-order valence-corrected chi connectivity index (χ3v) is 2.93. The molecule has 0 saturated carbocycles. The van der Waals surface area contributed by atoms with E-state index in [4.69, 9.17) is 5.73 Å². The van der Waals surface area contributed by atoms with Crippen LogP contribution in [0.5, 0.6) is 0 Å². The first-order chi connectivity index (χ1) is 9.34. The van der Waals surface area contributed by atoms with E-state index >= 15 is 0 Å². The van der Waals surface area contributed by atoms with Gasteiger partial charge in [0.25, 0.3) is 0 Å². The van der Waals surface area contributed by atoms with Crippen LogP contribution in [-0.4, -0.2) is 24.7 Å². The molecule has 3 rings (SSSR count). The lowest BCUT2D eigenvalue weighted by Gasteiger charge is -2.12. The number of hydrogen-bond acceptors (Lipinski definition) is 4. The Morgan fingerprint density at radius 1 is 1.26 bits per heavy atom. The summed E-state index contributed by atoms with van der Waals surface area (Å²) in [5, 5.41) is 8.08. The molecule has 1 atom stereocenters. The molecule has 96 valence electrons. The van der Waals surface area contributed by atoms with Gasteiger partial charge in [-0.25, -0.2) is 4.98 Å². The standard InChI is InChI=1S/C13H14N6/c14-12(6-10-7-15-8-16-10)13-18-17-9-19(13)11-4-2-1-3-5-11/h1-5,7-9,12H,6,14H2,(H,15,16)/t12-/m1/s1. The maximum absolute atomic E-state index is 6.20. The van der Waals surface area contributed by atoms with Crippen LogP contribution < -0.4 is 5.73 Å². The summed E-state index contributed by atoms with van der Waals surface area (Å²) in [6.07, 6.45) is 5.73. The Morgan fingerprint density at radius 2 is 2.11 bits per heavy atom. The van der Waals surface area contributed by atoms with E-state index in [-0.39, 0.29) is 6.04 Å². The van der Waals surface area contributed by atoms with Crippen LogP contribution in [0.3, 0.4) is 0 Å². The number of imidazole rings is 1. The van der Waals surface area contributed by atoms with E-state index in [9.17, 15) is 0 Å². The Balaban J connectivity index is 1.88. The number of benzene rings is 1. The molecule has 6 nitrogen and oxygen atoms in total. The first kappa shape index (κ1) is 11.6. The van der Waals surface area contributed by atoms with Crippen molar-refractivity contribution in [2.45, 2.75) is 12.5 Å². The lowest BCUT2D eigenvalue weighted by molar-refractivity contribution is 0.642. The summed E-state index contributed by atoms with van der Waals surface area (Å²) in [7, 11) is 0. The Kier molecular flexibility index (Phi) is 3.07. The third kappa shape index (κ3) is 2.38. The van der Waals surface area contributed by atoms with Gasteiger partial charge in [-0.2, -0.15) is 0 Å². The quantitative estimate of drug-likeness (QED) is 0.733. The second kappa shape index (κ2) is 5.03. The van der Waals surface area contributed by atoms with Crippen molar-refractivity contribution in [3.63, 3.8) is 0 Å². The Bertz CT molecular complexity index is 628. The van der Waals surface area contributed by atoms with Crippen molar-refractivity contribution in [1.82, 2.24) is 24.7 Å². The summed E-state index contributed by atoms with van der Waals surface area (Å²) >= 11 is 0. The zero-order chi connectivity index (χ0) is 13.1. The van der Waals surface area contributed by atoms with Gasteiger partial charge >= 0.3 is 0 Å². The Morgan fingerprint density at radius 3 is 2.84 bits per heavy atom. The number of para-hydroxylation sites is 1. The summed E-state index contributed by atoms with van der Waals surface area (Å²) in [6, 6.07) is 9.67. The second-order valence-corrected chi connectivity index (χ2v) is 4.28. The van der Waals surface area contributed by atoms with Gasteiger partial charge in [0.15, 0.2) is 5.82 Å². The van der Waals surface area contributed by atoms with E-state index < -0.39 is 0 Å². The molecular formula is C13H14N6. The number of nitrogens with one attached hydrogen (secondary N) is 1. The largest absolute Gasteiger partial charge is 0.348 e. The Labute approximate surface area is 110 Å². The molecule has 0 bridgehead atoms. The molecule has 19 heavy (non-hydrogen) atoms. The highest BCUT2D eigenvalue weighted by Gasteiger charge is 2.15. The van der Waals surface area contributed by atoms with Gasteiger partial charge in [-0.3, -0.25) is 4.57 Å². The van der Waals surface area contributed by atoms with Crippen molar-refractivity contribution in [3.05, 3.63) is 60.7 Å². The fraction of sp³-hybridized carbons (Fsp3) is 0.154. The number of aromatic amines is 1. The number of nitrogens with two attached hydrogens (primary N) is 1.